The molecule has 0 aromatic heterocycles. The molecular formula is C16H30N2O2. The van der Waals surface area contributed by atoms with Crippen LogP contribution in [0.2, 0.25) is 0 Å². The molecule has 2 aliphatic rings. The molecule has 0 unspecified atom stereocenters. The summed E-state index contributed by atoms with van der Waals surface area (Å²) in [5.74, 6) is 0.171. The molecule has 0 aromatic carbocycles. The number of rotatable bonds is 7. The van der Waals surface area contributed by atoms with Crippen LogP contribution in [0.3, 0.4) is 0 Å². The van der Waals surface area contributed by atoms with Crippen LogP contribution in [0, 0.1) is 0 Å². The van der Waals surface area contributed by atoms with Crippen molar-refractivity contribution in [2.24, 2.45) is 0 Å². The molecule has 20 heavy (non-hydrogen) atoms. The quantitative estimate of drug-likeness (QED) is 0.729. The number of hydrogen-bond donors (Lipinski definition) is 1. The molecule has 0 spiro atoms. The van der Waals surface area contributed by atoms with E-state index in [1.807, 2.05) is 6.92 Å². The summed E-state index contributed by atoms with van der Waals surface area (Å²) in [5, 5.41) is 3.04. The molecule has 1 saturated carbocycles. The maximum absolute atomic E-state index is 12.0. The van der Waals surface area contributed by atoms with Gasteiger partial charge in [0.1, 0.15) is 0 Å². The molecule has 1 aliphatic carbocycles. The molecule has 116 valence electrons. The number of carbonyl (C=O) groups is 1. The summed E-state index contributed by atoms with van der Waals surface area (Å²) < 4.78 is 5.86. The number of nitrogens with one attached hydrogen (secondary N) is 1. The van der Waals surface area contributed by atoms with Gasteiger partial charge in [0.2, 0.25) is 5.91 Å². The summed E-state index contributed by atoms with van der Waals surface area (Å²) in [7, 11) is 0. The second-order valence-corrected chi connectivity index (χ2v) is 6.19. The Labute approximate surface area is 123 Å². The van der Waals surface area contributed by atoms with Gasteiger partial charge in [0.15, 0.2) is 0 Å². The topological polar surface area (TPSA) is 41.6 Å². The fourth-order valence-electron chi connectivity index (χ4n) is 3.21. The molecule has 1 atom stereocenters. The fourth-order valence-corrected chi connectivity index (χ4v) is 3.21. The second-order valence-electron chi connectivity index (χ2n) is 6.19. The lowest BCUT2D eigenvalue weighted by atomic mass is 9.98. The Morgan fingerprint density at radius 1 is 1.20 bits per heavy atom. The third kappa shape index (κ3) is 5.06. The van der Waals surface area contributed by atoms with E-state index in [0.717, 1.165) is 32.7 Å². The van der Waals surface area contributed by atoms with Crippen LogP contribution < -0.4 is 5.32 Å². The van der Waals surface area contributed by atoms with Gasteiger partial charge in [-0.3, -0.25) is 9.69 Å². The average Bonchev–Trinajstić information content (AvgIpc) is 3.01. The van der Waals surface area contributed by atoms with Gasteiger partial charge in [0, 0.05) is 13.2 Å². The summed E-state index contributed by atoms with van der Waals surface area (Å²) in [6.45, 7) is 5.67. The van der Waals surface area contributed by atoms with E-state index in [1.54, 1.807) is 0 Å². The summed E-state index contributed by atoms with van der Waals surface area (Å²) in [6, 6.07) is 0.0248. The van der Waals surface area contributed by atoms with Crippen molar-refractivity contribution in [3.63, 3.8) is 0 Å². The molecule has 0 bridgehead atoms. The maximum Gasteiger partial charge on any atom is 0.237 e. The number of hydrogen-bond acceptors (Lipinski definition) is 3. The Kier molecular flexibility index (Phi) is 6.80. The summed E-state index contributed by atoms with van der Waals surface area (Å²) in [4.78, 5) is 14.3. The van der Waals surface area contributed by atoms with Crippen LogP contribution in [-0.4, -0.2) is 49.2 Å². The van der Waals surface area contributed by atoms with Crippen molar-refractivity contribution in [2.45, 2.75) is 70.4 Å². The van der Waals surface area contributed by atoms with Crippen LogP contribution >= 0.6 is 0 Å². The Bertz CT molecular complexity index is 284. The summed E-state index contributed by atoms with van der Waals surface area (Å²) in [5.41, 5.74) is 0. The lowest BCUT2D eigenvalue weighted by molar-refractivity contribution is -0.125. The van der Waals surface area contributed by atoms with E-state index >= 15 is 0 Å². The molecule has 2 rings (SSSR count). The minimum atomic E-state index is 0.0248. The van der Waals surface area contributed by atoms with E-state index < -0.39 is 0 Å². The van der Waals surface area contributed by atoms with E-state index in [2.05, 4.69) is 10.2 Å². The maximum atomic E-state index is 12.0. The first-order valence-electron chi connectivity index (χ1n) is 8.41. The molecule has 1 amide bonds. The third-order valence-corrected chi connectivity index (χ3v) is 4.59. The highest BCUT2D eigenvalue weighted by molar-refractivity contribution is 5.81. The van der Waals surface area contributed by atoms with Crippen LogP contribution in [0.5, 0.6) is 0 Å². The minimum Gasteiger partial charge on any atom is -0.378 e. The van der Waals surface area contributed by atoms with Gasteiger partial charge < -0.3 is 10.1 Å². The molecule has 4 heteroatoms. The Morgan fingerprint density at radius 3 is 2.60 bits per heavy atom. The first-order chi connectivity index (χ1) is 9.77. The van der Waals surface area contributed by atoms with Crippen molar-refractivity contribution in [3.8, 4) is 0 Å². The molecule has 1 saturated heterocycles. The predicted octanol–water partition coefficient (Wildman–Crippen LogP) is 2.33. The van der Waals surface area contributed by atoms with Crippen molar-refractivity contribution in [2.75, 3.05) is 26.2 Å². The molecule has 0 radical (unpaired) electrons. The highest BCUT2D eigenvalue weighted by Crippen LogP contribution is 2.20. The third-order valence-electron chi connectivity index (χ3n) is 4.59. The lowest BCUT2D eigenvalue weighted by Gasteiger charge is -2.23. The molecule has 1 N–H and O–H groups in total. The zero-order chi connectivity index (χ0) is 14.2. The number of nitrogens with zero attached hydrogens (tertiary/aromatic N) is 1. The highest BCUT2D eigenvalue weighted by atomic mass is 16.5. The molecular weight excluding hydrogens is 252 g/mol. The van der Waals surface area contributed by atoms with Gasteiger partial charge in [0.25, 0.3) is 0 Å². The average molecular weight is 282 g/mol. The Balaban J connectivity index is 1.50. The highest BCUT2D eigenvalue weighted by Gasteiger charge is 2.23. The number of ether oxygens (including phenoxy) is 1. The van der Waals surface area contributed by atoms with Crippen molar-refractivity contribution >= 4 is 5.91 Å². The van der Waals surface area contributed by atoms with E-state index in [4.69, 9.17) is 4.74 Å². The standard InChI is InChI=1S/C16H30N2O2/c1-14(18-11-5-6-12-18)16(19)17-10-7-13-20-15-8-3-2-4-9-15/h14-15H,2-13H2,1H3,(H,17,19)/t14-/m0/s1. The van der Waals surface area contributed by atoms with Crippen LogP contribution in [0.4, 0.5) is 0 Å². The molecule has 2 fully saturated rings. The monoisotopic (exact) mass is 282 g/mol. The van der Waals surface area contributed by atoms with Crippen LogP contribution in [0.25, 0.3) is 0 Å². The van der Waals surface area contributed by atoms with Gasteiger partial charge in [-0.05, 0) is 52.1 Å². The molecule has 1 heterocycles. The number of likely N-dealkylation sites (tertiary alicyclic amines) is 1. The SMILES string of the molecule is C[C@@H](C(=O)NCCCOC1CCCCC1)N1CCCC1. The van der Waals surface area contributed by atoms with Crippen LogP contribution in [-0.2, 0) is 9.53 Å². The van der Waals surface area contributed by atoms with Crippen LogP contribution in [0.1, 0.15) is 58.3 Å². The van der Waals surface area contributed by atoms with Gasteiger partial charge in [-0.25, -0.2) is 0 Å². The van der Waals surface area contributed by atoms with Gasteiger partial charge >= 0.3 is 0 Å². The lowest BCUT2D eigenvalue weighted by Crippen LogP contribution is -2.44. The molecule has 4 nitrogen and oxygen atoms in total. The second kappa shape index (κ2) is 8.63. The first kappa shape index (κ1) is 15.8. The van der Waals surface area contributed by atoms with E-state index in [1.165, 1.54) is 44.9 Å². The van der Waals surface area contributed by atoms with Crippen molar-refractivity contribution in [1.29, 1.82) is 0 Å². The normalized spacial score (nSPS) is 22.9. The van der Waals surface area contributed by atoms with Crippen molar-refractivity contribution < 1.29 is 9.53 Å². The minimum absolute atomic E-state index is 0.0248. The van der Waals surface area contributed by atoms with Crippen molar-refractivity contribution in [3.05, 3.63) is 0 Å². The molecule has 0 aromatic rings. The Morgan fingerprint density at radius 2 is 1.90 bits per heavy atom. The number of amides is 1. The van der Waals surface area contributed by atoms with Gasteiger partial charge in [-0.15, -0.1) is 0 Å². The van der Waals surface area contributed by atoms with E-state index in [0.29, 0.717) is 6.10 Å². The molecule has 1 aliphatic heterocycles. The van der Waals surface area contributed by atoms with E-state index in [9.17, 15) is 4.79 Å². The van der Waals surface area contributed by atoms with Crippen LogP contribution in [0.15, 0.2) is 0 Å². The number of carbonyl (C=O) groups excluding carboxylic acids is 1. The van der Waals surface area contributed by atoms with Gasteiger partial charge in [-0.2, -0.15) is 0 Å². The van der Waals surface area contributed by atoms with Gasteiger partial charge in [0.05, 0.1) is 12.1 Å². The van der Waals surface area contributed by atoms with E-state index in [-0.39, 0.29) is 11.9 Å². The van der Waals surface area contributed by atoms with Crippen molar-refractivity contribution in [1.82, 2.24) is 10.2 Å². The first-order valence-corrected chi connectivity index (χ1v) is 8.41. The predicted molar refractivity (Wildman–Crippen MR) is 80.7 cm³/mol. The smallest absolute Gasteiger partial charge is 0.237 e. The van der Waals surface area contributed by atoms with Gasteiger partial charge in [-0.1, -0.05) is 19.3 Å². The summed E-state index contributed by atoms with van der Waals surface area (Å²) >= 11 is 0. The zero-order valence-electron chi connectivity index (χ0n) is 12.9. The summed E-state index contributed by atoms with van der Waals surface area (Å²) in [6.07, 6.45) is 10.3. The largest absolute Gasteiger partial charge is 0.378 e. The fraction of sp³-hybridized carbons (Fsp3) is 0.938. The Hall–Kier alpha value is -0.610. The zero-order valence-corrected chi connectivity index (χ0v) is 12.9.